The number of nitrogens with one attached hydrogen (secondary N) is 3. The van der Waals surface area contributed by atoms with E-state index in [0.717, 1.165) is 56.0 Å². The first-order valence-electron chi connectivity index (χ1n) is 16.9. The molecule has 0 bridgehead atoms. The molecule has 1 heterocycles. The molecule has 0 spiro atoms. The van der Waals surface area contributed by atoms with Crippen molar-refractivity contribution in [1.82, 2.24) is 16.0 Å². The van der Waals surface area contributed by atoms with Crippen molar-refractivity contribution in [3.8, 4) is 0 Å². The maximum absolute atomic E-state index is 11.4. The number of unbranched alkanes of at least 4 members (excludes halogenated alkanes) is 5. The van der Waals surface area contributed by atoms with E-state index < -0.39 is 0 Å². The average molecular weight is 534 g/mol. The summed E-state index contributed by atoms with van der Waals surface area (Å²) in [5.74, 6) is 4.90. The second kappa shape index (κ2) is 15.1. The quantitative estimate of drug-likeness (QED) is 0.220. The SMILES string of the molecule is CCCCCCCCOC1CCC(C2NC(C3CCC(C)C(C)C3)NC(C3CCC(C)C(C)C3)N2)C(O)C1. The third-order valence-electron chi connectivity index (χ3n) is 11.4. The molecular weight excluding hydrogens is 470 g/mol. The van der Waals surface area contributed by atoms with E-state index >= 15 is 0 Å². The van der Waals surface area contributed by atoms with Gasteiger partial charge in [0.05, 0.1) is 30.7 Å². The van der Waals surface area contributed by atoms with Crippen molar-refractivity contribution in [3.05, 3.63) is 0 Å². The van der Waals surface area contributed by atoms with E-state index in [1.165, 1.54) is 70.6 Å². The standard InChI is InChI=1S/C33H63N3O2/c1-6-7-8-9-10-11-18-38-28-16-17-29(30(37)21-28)33-35-31(26-14-12-22(2)24(4)19-26)34-32(36-33)27-15-13-23(3)25(5)20-27/h22-37H,6-21H2,1-5H3. The van der Waals surface area contributed by atoms with Crippen LogP contribution < -0.4 is 16.0 Å². The highest BCUT2D eigenvalue weighted by Gasteiger charge is 2.44. The molecule has 0 aromatic rings. The predicted octanol–water partition coefficient (Wildman–Crippen LogP) is 6.80. The van der Waals surface area contributed by atoms with Gasteiger partial charge in [-0.05, 0) is 86.9 Å². The lowest BCUT2D eigenvalue weighted by Gasteiger charge is -2.51. The summed E-state index contributed by atoms with van der Waals surface area (Å²) >= 11 is 0. The molecule has 38 heavy (non-hydrogen) atoms. The third kappa shape index (κ3) is 8.41. The Kier molecular flexibility index (Phi) is 12.3. The summed E-state index contributed by atoms with van der Waals surface area (Å²) in [6, 6.07) is 0. The minimum atomic E-state index is -0.293. The Morgan fingerprint density at radius 1 is 0.605 bits per heavy atom. The molecule has 3 saturated carbocycles. The number of ether oxygens (including phenoxy) is 1. The lowest BCUT2D eigenvalue weighted by Crippen LogP contribution is -2.73. The molecule has 11 atom stereocenters. The minimum absolute atomic E-state index is 0.185. The molecule has 4 fully saturated rings. The van der Waals surface area contributed by atoms with Gasteiger partial charge in [-0.1, -0.05) is 79.6 Å². The molecule has 0 amide bonds. The molecule has 222 valence electrons. The van der Waals surface area contributed by atoms with Crippen LogP contribution in [-0.2, 0) is 4.74 Å². The van der Waals surface area contributed by atoms with Gasteiger partial charge in [0.25, 0.3) is 0 Å². The zero-order valence-electron chi connectivity index (χ0n) is 25.6. The Morgan fingerprint density at radius 2 is 1.16 bits per heavy atom. The van der Waals surface area contributed by atoms with Gasteiger partial charge in [-0.2, -0.15) is 0 Å². The van der Waals surface area contributed by atoms with Crippen LogP contribution in [0.4, 0.5) is 0 Å². The lowest BCUT2D eigenvalue weighted by molar-refractivity contribution is -0.0632. The predicted molar refractivity (Wildman–Crippen MR) is 159 cm³/mol. The normalized spacial score (nSPS) is 44.7. The van der Waals surface area contributed by atoms with Crippen molar-refractivity contribution >= 4 is 0 Å². The molecule has 11 unspecified atom stereocenters. The molecule has 4 N–H and O–H groups in total. The van der Waals surface area contributed by atoms with Crippen molar-refractivity contribution in [2.45, 2.75) is 162 Å². The molecule has 0 aromatic carbocycles. The third-order valence-corrected chi connectivity index (χ3v) is 11.4. The number of hydrogen-bond acceptors (Lipinski definition) is 5. The van der Waals surface area contributed by atoms with E-state index in [4.69, 9.17) is 4.74 Å². The first-order valence-corrected chi connectivity index (χ1v) is 16.9. The molecule has 0 aromatic heterocycles. The number of aliphatic hydroxyl groups is 1. The van der Waals surface area contributed by atoms with Gasteiger partial charge in [-0.15, -0.1) is 0 Å². The molecule has 0 radical (unpaired) electrons. The Labute approximate surface area is 235 Å². The van der Waals surface area contributed by atoms with Crippen LogP contribution in [0.25, 0.3) is 0 Å². The Morgan fingerprint density at radius 3 is 1.71 bits per heavy atom. The highest BCUT2D eigenvalue weighted by molar-refractivity contribution is 4.97. The zero-order valence-corrected chi connectivity index (χ0v) is 25.6. The van der Waals surface area contributed by atoms with Crippen molar-refractivity contribution in [3.63, 3.8) is 0 Å². The first kappa shape index (κ1) is 30.8. The molecular formula is C33H63N3O2. The van der Waals surface area contributed by atoms with Crippen LogP contribution in [0.2, 0.25) is 0 Å². The van der Waals surface area contributed by atoms with Gasteiger partial charge < -0.3 is 9.84 Å². The second-order valence-corrected chi connectivity index (χ2v) is 14.3. The molecule has 1 saturated heterocycles. The Balaban J connectivity index is 1.32. The van der Waals surface area contributed by atoms with Crippen molar-refractivity contribution in [2.24, 2.45) is 41.4 Å². The van der Waals surface area contributed by atoms with Gasteiger partial charge in [-0.3, -0.25) is 16.0 Å². The van der Waals surface area contributed by atoms with Crippen LogP contribution in [0.3, 0.4) is 0 Å². The Hall–Kier alpha value is -0.200. The summed E-state index contributed by atoms with van der Waals surface area (Å²) in [5.41, 5.74) is 0. The van der Waals surface area contributed by atoms with Crippen molar-refractivity contribution < 1.29 is 9.84 Å². The topological polar surface area (TPSA) is 65.5 Å². The van der Waals surface area contributed by atoms with E-state index in [1.807, 2.05) is 0 Å². The van der Waals surface area contributed by atoms with Crippen LogP contribution in [0.15, 0.2) is 0 Å². The van der Waals surface area contributed by atoms with E-state index in [0.29, 0.717) is 24.2 Å². The van der Waals surface area contributed by atoms with Gasteiger partial charge in [0, 0.05) is 12.5 Å². The number of hydrogen-bond donors (Lipinski definition) is 4. The van der Waals surface area contributed by atoms with Gasteiger partial charge in [-0.25, -0.2) is 0 Å². The molecule has 4 rings (SSSR count). The molecule has 1 aliphatic heterocycles. The van der Waals surface area contributed by atoms with Crippen LogP contribution >= 0.6 is 0 Å². The monoisotopic (exact) mass is 533 g/mol. The van der Waals surface area contributed by atoms with E-state index in [-0.39, 0.29) is 24.3 Å². The maximum atomic E-state index is 11.4. The fraction of sp³-hybridized carbons (Fsp3) is 1.00. The van der Waals surface area contributed by atoms with Crippen LogP contribution in [0.5, 0.6) is 0 Å². The van der Waals surface area contributed by atoms with E-state index in [1.54, 1.807) is 0 Å². The maximum Gasteiger partial charge on any atom is 0.0649 e. The van der Waals surface area contributed by atoms with E-state index in [2.05, 4.69) is 50.6 Å². The highest BCUT2D eigenvalue weighted by Crippen LogP contribution is 2.39. The summed E-state index contributed by atoms with van der Waals surface area (Å²) in [6.07, 6.45) is 19.5. The number of rotatable bonds is 11. The fourth-order valence-corrected chi connectivity index (χ4v) is 8.11. The summed E-state index contributed by atoms with van der Waals surface area (Å²) in [6.45, 7) is 12.9. The van der Waals surface area contributed by atoms with Gasteiger partial charge >= 0.3 is 0 Å². The van der Waals surface area contributed by atoms with Crippen molar-refractivity contribution in [1.29, 1.82) is 0 Å². The molecule has 4 aliphatic rings. The van der Waals surface area contributed by atoms with E-state index in [9.17, 15) is 5.11 Å². The summed E-state index contributed by atoms with van der Waals surface area (Å²) in [4.78, 5) is 0. The van der Waals surface area contributed by atoms with Crippen LogP contribution in [0, 0.1) is 41.4 Å². The van der Waals surface area contributed by atoms with Crippen LogP contribution in [0.1, 0.15) is 131 Å². The van der Waals surface area contributed by atoms with Crippen LogP contribution in [-0.4, -0.2) is 42.4 Å². The fourth-order valence-electron chi connectivity index (χ4n) is 8.11. The smallest absolute Gasteiger partial charge is 0.0649 e. The average Bonchev–Trinajstić information content (AvgIpc) is 2.91. The summed E-state index contributed by atoms with van der Waals surface area (Å²) < 4.78 is 6.26. The zero-order chi connectivity index (χ0) is 27.1. The second-order valence-electron chi connectivity index (χ2n) is 14.3. The number of aliphatic hydroxyl groups excluding tert-OH is 1. The largest absolute Gasteiger partial charge is 0.393 e. The first-order chi connectivity index (χ1) is 18.4. The summed E-state index contributed by atoms with van der Waals surface area (Å²) in [7, 11) is 0. The summed E-state index contributed by atoms with van der Waals surface area (Å²) in [5, 5.41) is 23.5. The molecule has 3 aliphatic carbocycles. The van der Waals surface area contributed by atoms with Gasteiger partial charge in [0.15, 0.2) is 0 Å². The molecule has 5 heteroatoms. The lowest BCUT2D eigenvalue weighted by atomic mass is 9.72. The van der Waals surface area contributed by atoms with Gasteiger partial charge in [0.1, 0.15) is 0 Å². The minimum Gasteiger partial charge on any atom is -0.393 e. The molecule has 5 nitrogen and oxygen atoms in total. The Bertz CT molecular complexity index is 643. The van der Waals surface area contributed by atoms with Crippen molar-refractivity contribution in [2.75, 3.05) is 6.61 Å². The van der Waals surface area contributed by atoms with Gasteiger partial charge in [0.2, 0.25) is 0 Å². The highest BCUT2D eigenvalue weighted by atomic mass is 16.5.